The van der Waals surface area contributed by atoms with E-state index in [0.29, 0.717) is 17.7 Å². The zero-order chi connectivity index (χ0) is 20.0. The van der Waals surface area contributed by atoms with Gasteiger partial charge in [-0.2, -0.15) is 5.26 Å². The van der Waals surface area contributed by atoms with Gasteiger partial charge in [-0.25, -0.2) is 0 Å². The maximum absolute atomic E-state index is 12.9. The third-order valence-electron chi connectivity index (χ3n) is 4.78. The van der Waals surface area contributed by atoms with E-state index in [0.717, 1.165) is 36.9 Å². The Morgan fingerprint density at radius 3 is 2.30 bits per heavy atom. The molecule has 0 atom stereocenters. The minimum Gasteiger partial charge on any atom is -0.378 e. The van der Waals surface area contributed by atoms with E-state index >= 15 is 0 Å². The van der Waals surface area contributed by atoms with Crippen molar-refractivity contribution in [2.24, 2.45) is 0 Å². The van der Waals surface area contributed by atoms with Crippen LogP contribution >= 0.6 is 0 Å². The Morgan fingerprint density at radius 1 is 1.07 bits per heavy atom. The molecule has 5 nitrogen and oxygen atoms in total. The first-order chi connectivity index (χ1) is 12.9. The van der Waals surface area contributed by atoms with Gasteiger partial charge in [-0.15, -0.1) is 0 Å². The molecule has 27 heavy (non-hydrogen) atoms. The highest BCUT2D eigenvalue weighted by atomic mass is 16.2. The molecule has 5 heteroatoms. The van der Waals surface area contributed by atoms with Crippen molar-refractivity contribution < 1.29 is 9.59 Å². The van der Waals surface area contributed by atoms with Gasteiger partial charge in [0.2, 0.25) is 0 Å². The van der Waals surface area contributed by atoms with Crippen LogP contribution in [0.1, 0.15) is 45.1 Å². The molecule has 0 bridgehead atoms. The zero-order valence-corrected chi connectivity index (χ0v) is 16.6. The number of benzene rings is 1. The first-order valence-electron chi connectivity index (χ1n) is 9.37. The highest BCUT2D eigenvalue weighted by Gasteiger charge is 2.34. The summed E-state index contributed by atoms with van der Waals surface area (Å²) >= 11 is 0. The van der Waals surface area contributed by atoms with Gasteiger partial charge in [-0.05, 0) is 42.7 Å². The van der Waals surface area contributed by atoms with Crippen molar-refractivity contribution >= 4 is 23.6 Å². The number of nitriles is 1. The minimum atomic E-state index is -0.475. The molecule has 142 valence electrons. The summed E-state index contributed by atoms with van der Waals surface area (Å²) in [5.41, 5.74) is 2.85. The Labute approximate surface area is 161 Å². The van der Waals surface area contributed by atoms with Crippen molar-refractivity contribution in [3.8, 4) is 6.07 Å². The van der Waals surface area contributed by atoms with Gasteiger partial charge >= 0.3 is 0 Å². The van der Waals surface area contributed by atoms with E-state index in [1.807, 2.05) is 49.3 Å². The van der Waals surface area contributed by atoms with Gasteiger partial charge < -0.3 is 4.90 Å². The number of rotatable bonds is 7. The fourth-order valence-electron chi connectivity index (χ4n) is 3.06. The molecule has 0 saturated carbocycles. The summed E-state index contributed by atoms with van der Waals surface area (Å²) < 4.78 is 0. The topological polar surface area (TPSA) is 64.4 Å². The average molecular weight is 365 g/mol. The summed E-state index contributed by atoms with van der Waals surface area (Å²) in [5, 5.41) is 9.43. The molecule has 0 N–H and O–H groups in total. The van der Waals surface area contributed by atoms with Gasteiger partial charge in [0, 0.05) is 31.9 Å². The van der Waals surface area contributed by atoms with Crippen LogP contribution in [0.3, 0.4) is 0 Å². The Balaban J connectivity index is 2.35. The molecular formula is C22H27N3O2. The number of carbonyl (C=O) groups is 2. The zero-order valence-electron chi connectivity index (χ0n) is 16.6. The fourth-order valence-corrected chi connectivity index (χ4v) is 3.06. The largest absolute Gasteiger partial charge is 0.378 e. The molecular weight excluding hydrogens is 338 g/mol. The summed E-state index contributed by atoms with van der Waals surface area (Å²) in [7, 11) is 3.93. The Morgan fingerprint density at radius 2 is 1.74 bits per heavy atom. The van der Waals surface area contributed by atoms with Crippen LogP contribution in [0.2, 0.25) is 0 Å². The number of anilines is 1. The smallest absolute Gasteiger partial charge is 0.271 e. The van der Waals surface area contributed by atoms with Gasteiger partial charge in [0.1, 0.15) is 11.6 Å². The van der Waals surface area contributed by atoms with E-state index < -0.39 is 5.91 Å². The Kier molecular flexibility index (Phi) is 6.95. The van der Waals surface area contributed by atoms with Crippen LogP contribution in [0.25, 0.3) is 6.08 Å². The lowest BCUT2D eigenvalue weighted by Gasteiger charge is -2.27. The van der Waals surface area contributed by atoms with Gasteiger partial charge in [0.05, 0.1) is 0 Å². The fraction of sp³-hybridized carbons (Fsp3) is 0.409. The molecule has 0 radical (unpaired) electrons. The first kappa shape index (κ1) is 20.4. The molecule has 0 unspecified atom stereocenters. The van der Waals surface area contributed by atoms with Crippen LogP contribution in [0.4, 0.5) is 5.69 Å². The monoisotopic (exact) mass is 365 g/mol. The quantitative estimate of drug-likeness (QED) is 0.417. The standard InChI is InChI=1S/C22H27N3O2/c1-5-6-7-8-13-25-21(26)19(16(2)20(15-23)22(25)27)14-17-9-11-18(12-10-17)24(3)4/h9-12,14H,5-8,13H2,1-4H3/b19-14+. The lowest BCUT2D eigenvalue weighted by molar-refractivity contribution is -0.140. The summed E-state index contributed by atoms with van der Waals surface area (Å²) in [6.07, 6.45) is 5.63. The molecule has 0 fully saturated rings. The van der Waals surface area contributed by atoms with E-state index in [4.69, 9.17) is 0 Å². The number of amides is 2. The predicted molar refractivity (Wildman–Crippen MR) is 108 cm³/mol. The summed E-state index contributed by atoms with van der Waals surface area (Å²) in [5.74, 6) is -0.790. The molecule has 1 aliphatic heterocycles. The van der Waals surface area contributed by atoms with E-state index in [1.54, 1.807) is 13.0 Å². The summed E-state index contributed by atoms with van der Waals surface area (Å²) in [6, 6.07) is 9.78. The highest BCUT2D eigenvalue weighted by Crippen LogP contribution is 2.27. The second-order valence-corrected chi connectivity index (χ2v) is 6.98. The third kappa shape index (κ3) is 4.65. The second kappa shape index (κ2) is 9.18. The molecule has 0 spiro atoms. The van der Waals surface area contributed by atoms with Crippen LogP contribution in [0.5, 0.6) is 0 Å². The van der Waals surface area contributed by atoms with Crippen LogP contribution in [-0.4, -0.2) is 37.4 Å². The van der Waals surface area contributed by atoms with Crippen LogP contribution in [0.15, 0.2) is 41.0 Å². The van der Waals surface area contributed by atoms with E-state index in [2.05, 4.69) is 6.92 Å². The minimum absolute atomic E-state index is 0.0567. The summed E-state index contributed by atoms with van der Waals surface area (Å²) in [4.78, 5) is 28.7. The maximum Gasteiger partial charge on any atom is 0.271 e. The number of hydrogen-bond acceptors (Lipinski definition) is 4. The van der Waals surface area contributed by atoms with Gasteiger partial charge in [-0.3, -0.25) is 14.5 Å². The third-order valence-corrected chi connectivity index (χ3v) is 4.78. The Bertz CT molecular complexity index is 811. The number of hydrogen-bond donors (Lipinski definition) is 0. The van der Waals surface area contributed by atoms with E-state index in [9.17, 15) is 14.9 Å². The molecule has 1 aliphatic rings. The second-order valence-electron chi connectivity index (χ2n) is 6.98. The number of nitrogens with zero attached hydrogens (tertiary/aromatic N) is 3. The van der Waals surface area contributed by atoms with Crippen LogP contribution in [0, 0.1) is 11.3 Å². The van der Waals surface area contributed by atoms with E-state index in [1.165, 1.54) is 4.90 Å². The first-order valence-corrected chi connectivity index (χ1v) is 9.37. The van der Waals surface area contributed by atoms with Crippen molar-refractivity contribution in [2.75, 3.05) is 25.5 Å². The highest BCUT2D eigenvalue weighted by molar-refractivity contribution is 6.19. The van der Waals surface area contributed by atoms with E-state index in [-0.39, 0.29) is 11.5 Å². The normalized spacial score (nSPS) is 16.1. The molecule has 2 amide bonds. The van der Waals surface area contributed by atoms with Crippen molar-refractivity contribution in [1.82, 2.24) is 4.90 Å². The van der Waals surface area contributed by atoms with Crippen LogP contribution in [-0.2, 0) is 9.59 Å². The van der Waals surface area contributed by atoms with Gasteiger partial charge in [0.25, 0.3) is 11.8 Å². The van der Waals surface area contributed by atoms with Crippen molar-refractivity contribution in [3.63, 3.8) is 0 Å². The molecule has 1 heterocycles. The number of carbonyl (C=O) groups excluding carboxylic acids is 2. The lowest BCUT2D eigenvalue weighted by Crippen LogP contribution is -2.43. The molecule has 1 aromatic carbocycles. The van der Waals surface area contributed by atoms with Crippen molar-refractivity contribution in [2.45, 2.75) is 39.5 Å². The van der Waals surface area contributed by atoms with Gasteiger partial charge in [0.15, 0.2) is 0 Å². The SMILES string of the molecule is CCCCCCN1C(=O)C(C#N)=C(C)/C(=C\c2ccc(N(C)C)cc2)C1=O. The lowest BCUT2D eigenvalue weighted by atomic mass is 9.93. The average Bonchev–Trinajstić information content (AvgIpc) is 2.65. The molecule has 0 aliphatic carbocycles. The maximum atomic E-state index is 12.9. The van der Waals surface area contributed by atoms with Crippen molar-refractivity contribution in [3.05, 3.63) is 46.5 Å². The number of imide groups is 1. The summed E-state index contributed by atoms with van der Waals surface area (Å²) in [6.45, 7) is 4.13. The molecule has 1 aromatic rings. The van der Waals surface area contributed by atoms with Gasteiger partial charge in [-0.1, -0.05) is 38.3 Å². The molecule has 2 rings (SSSR count). The number of unbranched alkanes of at least 4 members (excludes halogenated alkanes) is 3. The Hall–Kier alpha value is -2.87. The molecule has 0 aromatic heterocycles. The van der Waals surface area contributed by atoms with Crippen LogP contribution < -0.4 is 4.90 Å². The predicted octanol–water partition coefficient (Wildman–Crippen LogP) is 3.93. The molecule has 0 saturated heterocycles. The van der Waals surface area contributed by atoms with Crippen molar-refractivity contribution in [1.29, 1.82) is 5.26 Å².